The van der Waals surface area contributed by atoms with Crippen molar-refractivity contribution in [1.82, 2.24) is 5.32 Å². The maximum Gasteiger partial charge on any atom is 0.408 e. The van der Waals surface area contributed by atoms with Crippen molar-refractivity contribution in [2.75, 3.05) is 0 Å². The Hall–Kier alpha value is -2.37. The third-order valence-corrected chi connectivity index (χ3v) is 2.83. The molecule has 0 heterocycles. The van der Waals surface area contributed by atoms with Gasteiger partial charge in [0.15, 0.2) is 12.4 Å². The van der Waals surface area contributed by atoms with Crippen LogP contribution < -0.4 is 5.32 Å². The number of alkyl carbamates (subject to hydrolysis) is 1. The highest BCUT2D eigenvalue weighted by molar-refractivity contribution is 5.72. The van der Waals surface area contributed by atoms with E-state index in [1.165, 1.54) is 6.92 Å². The van der Waals surface area contributed by atoms with E-state index < -0.39 is 29.8 Å². The van der Waals surface area contributed by atoms with Gasteiger partial charge in [0, 0.05) is 6.92 Å². The van der Waals surface area contributed by atoms with Crippen LogP contribution in [0.1, 0.15) is 33.3 Å². The number of nitrogens with one attached hydrogen (secondary N) is 1. The zero-order valence-electron chi connectivity index (χ0n) is 13.9. The van der Waals surface area contributed by atoms with Crippen molar-refractivity contribution >= 4 is 18.3 Å². The number of carbonyl (C=O) groups excluding carboxylic acids is 3. The van der Waals surface area contributed by atoms with Crippen LogP contribution in [0.15, 0.2) is 30.3 Å². The molecular weight excluding hydrogens is 298 g/mol. The summed E-state index contributed by atoms with van der Waals surface area (Å²) in [5, 5.41) is 2.61. The standard InChI is InChI=1S/C17H23NO5/c1-12(20)22-15(11-19)14(10-13-8-6-5-7-9-13)18-16(21)23-17(2,3)4/h5-9,11,14-15H,10H2,1-4H3,(H,18,21)/t14-,15+/m0/s1. The third-order valence-electron chi connectivity index (χ3n) is 2.83. The molecule has 0 spiro atoms. The molecule has 1 rings (SSSR count). The highest BCUT2D eigenvalue weighted by atomic mass is 16.6. The van der Waals surface area contributed by atoms with Crippen LogP contribution in [0, 0.1) is 0 Å². The maximum absolute atomic E-state index is 12.0. The van der Waals surface area contributed by atoms with Crippen LogP contribution in [0.4, 0.5) is 4.79 Å². The summed E-state index contributed by atoms with van der Waals surface area (Å²) in [7, 11) is 0. The minimum atomic E-state index is -1.08. The molecule has 6 heteroatoms. The van der Waals surface area contributed by atoms with Crippen LogP contribution in [0.25, 0.3) is 0 Å². The number of ether oxygens (including phenoxy) is 2. The molecule has 1 amide bonds. The molecule has 0 aliphatic rings. The number of esters is 1. The van der Waals surface area contributed by atoms with Crippen LogP contribution >= 0.6 is 0 Å². The zero-order chi connectivity index (χ0) is 17.5. The Morgan fingerprint density at radius 3 is 2.30 bits per heavy atom. The summed E-state index contributed by atoms with van der Waals surface area (Å²) in [5.41, 5.74) is 0.229. The lowest BCUT2D eigenvalue weighted by Gasteiger charge is -2.26. The van der Waals surface area contributed by atoms with Crippen LogP contribution in [0.2, 0.25) is 0 Å². The molecule has 0 fully saturated rings. The second kappa shape index (κ2) is 8.31. The minimum Gasteiger partial charge on any atom is -0.453 e. The van der Waals surface area contributed by atoms with Crippen molar-refractivity contribution in [2.45, 2.75) is 51.9 Å². The Kier molecular flexibility index (Phi) is 6.75. The van der Waals surface area contributed by atoms with Crippen molar-refractivity contribution in [3.8, 4) is 0 Å². The number of rotatable bonds is 6. The van der Waals surface area contributed by atoms with E-state index >= 15 is 0 Å². The molecule has 0 saturated carbocycles. The summed E-state index contributed by atoms with van der Waals surface area (Å²) in [6, 6.07) is 8.57. The molecular formula is C17H23NO5. The van der Waals surface area contributed by atoms with E-state index in [0.717, 1.165) is 5.56 Å². The Morgan fingerprint density at radius 2 is 1.83 bits per heavy atom. The predicted octanol–water partition coefficient (Wildman–Crippen LogP) is 2.25. The Bertz CT molecular complexity index is 536. The molecule has 23 heavy (non-hydrogen) atoms. The third kappa shape index (κ3) is 7.44. The largest absolute Gasteiger partial charge is 0.453 e. The van der Waals surface area contributed by atoms with Crippen molar-refractivity contribution in [3.05, 3.63) is 35.9 Å². The summed E-state index contributed by atoms with van der Waals surface area (Å²) < 4.78 is 10.2. The molecule has 1 aromatic rings. The topological polar surface area (TPSA) is 81.7 Å². The first-order valence-corrected chi connectivity index (χ1v) is 7.37. The molecule has 0 aromatic heterocycles. The van der Waals surface area contributed by atoms with Gasteiger partial charge in [0.2, 0.25) is 0 Å². The lowest BCUT2D eigenvalue weighted by Crippen LogP contribution is -2.48. The fourth-order valence-corrected chi connectivity index (χ4v) is 1.97. The molecule has 0 bridgehead atoms. The number of carbonyl (C=O) groups is 3. The first-order chi connectivity index (χ1) is 10.7. The summed E-state index contributed by atoms with van der Waals surface area (Å²) >= 11 is 0. The first kappa shape index (κ1) is 18.7. The number of hydrogen-bond acceptors (Lipinski definition) is 5. The van der Waals surface area contributed by atoms with Gasteiger partial charge >= 0.3 is 12.1 Å². The Labute approximate surface area is 136 Å². The molecule has 1 N–H and O–H groups in total. The normalized spacial score (nSPS) is 13.6. The first-order valence-electron chi connectivity index (χ1n) is 7.37. The van der Waals surface area contributed by atoms with Crippen LogP contribution in [-0.4, -0.2) is 36.1 Å². The molecule has 1 aromatic carbocycles. The van der Waals surface area contributed by atoms with Gasteiger partial charge in [-0.25, -0.2) is 4.79 Å². The minimum absolute atomic E-state index is 0.330. The fourth-order valence-electron chi connectivity index (χ4n) is 1.97. The van der Waals surface area contributed by atoms with Crippen molar-refractivity contribution in [1.29, 1.82) is 0 Å². The lowest BCUT2D eigenvalue weighted by molar-refractivity contribution is -0.151. The van der Waals surface area contributed by atoms with Gasteiger partial charge in [-0.15, -0.1) is 0 Å². The maximum atomic E-state index is 12.0. The van der Waals surface area contributed by atoms with E-state index in [2.05, 4.69) is 5.32 Å². The van der Waals surface area contributed by atoms with E-state index in [0.29, 0.717) is 12.7 Å². The summed E-state index contributed by atoms with van der Waals surface area (Å²) in [4.78, 5) is 34.4. The molecule has 0 saturated heterocycles. The monoisotopic (exact) mass is 321 g/mol. The molecule has 6 nitrogen and oxygen atoms in total. The fraction of sp³-hybridized carbons (Fsp3) is 0.471. The highest BCUT2D eigenvalue weighted by Crippen LogP contribution is 2.11. The van der Waals surface area contributed by atoms with Crippen LogP contribution in [-0.2, 0) is 25.5 Å². The van der Waals surface area contributed by atoms with Gasteiger partial charge in [-0.1, -0.05) is 30.3 Å². The lowest BCUT2D eigenvalue weighted by atomic mass is 10.0. The number of hydrogen-bond donors (Lipinski definition) is 1. The highest BCUT2D eigenvalue weighted by Gasteiger charge is 2.28. The molecule has 0 radical (unpaired) electrons. The second-order valence-corrected chi connectivity index (χ2v) is 6.15. The van der Waals surface area contributed by atoms with Crippen LogP contribution in [0.3, 0.4) is 0 Å². The van der Waals surface area contributed by atoms with E-state index in [1.807, 2.05) is 30.3 Å². The smallest absolute Gasteiger partial charge is 0.408 e. The molecule has 0 unspecified atom stereocenters. The van der Waals surface area contributed by atoms with Gasteiger partial charge < -0.3 is 14.8 Å². The van der Waals surface area contributed by atoms with Gasteiger partial charge in [-0.2, -0.15) is 0 Å². The second-order valence-electron chi connectivity index (χ2n) is 6.15. The summed E-state index contributed by atoms with van der Waals surface area (Å²) in [6.45, 7) is 6.43. The number of amides is 1. The average molecular weight is 321 g/mol. The van der Waals surface area contributed by atoms with E-state index in [-0.39, 0.29) is 0 Å². The molecule has 0 aliphatic heterocycles. The van der Waals surface area contributed by atoms with E-state index in [1.54, 1.807) is 20.8 Å². The SMILES string of the molecule is CC(=O)O[C@H](C=O)[C@H](Cc1ccccc1)NC(=O)OC(C)(C)C. The van der Waals surface area contributed by atoms with E-state index in [4.69, 9.17) is 9.47 Å². The summed E-state index contributed by atoms with van der Waals surface area (Å²) in [5.74, 6) is -0.592. The zero-order valence-corrected chi connectivity index (χ0v) is 13.9. The predicted molar refractivity (Wildman–Crippen MR) is 84.9 cm³/mol. The molecule has 126 valence electrons. The van der Waals surface area contributed by atoms with Gasteiger partial charge in [-0.05, 0) is 32.8 Å². The van der Waals surface area contributed by atoms with E-state index in [9.17, 15) is 14.4 Å². The van der Waals surface area contributed by atoms with Crippen LogP contribution in [0.5, 0.6) is 0 Å². The van der Waals surface area contributed by atoms with Gasteiger partial charge in [0.05, 0.1) is 6.04 Å². The average Bonchev–Trinajstić information content (AvgIpc) is 2.43. The number of aldehydes is 1. The van der Waals surface area contributed by atoms with Gasteiger partial charge in [-0.3, -0.25) is 9.59 Å². The Balaban J connectivity index is 2.88. The molecule has 0 aliphatic carbocycles. The van der Waals surface area contributed by atoms with Crippen molar-refractivity contribution < 1.29 is 23.9 Å². The van der Waals surface area contributed by atoms with Crippen molar-refractivity contribution in [2.24, 2.45) is 0 Å². The summed E-state index contributed by atoms with van der Waals surface area (Å²) in [6.07, 6.45) is -0.916. The van der Waals surface area contributed by atoms with Crippen molar-refractivity contribution in [3.63, 3.8) is 0 Å². The van der Waals surface area contributed by atoms with Gasteiger partial charge in [0.1, 0.15) is 5.60 Å². The van der Waals surface area contributed by atoms with Gasteiger partial charge in [0.25, 0.3) is 0 Å². The quantitative estimate of drug-likeness (QED) is 0.642. The Morgan fingerprint density at radius 1 is 1.22 bits per heavy atom. The number of benzene rings is 1. The molecule has 2 atom stereocenters.